The van der Waals surface area contributed by atoms with Gasteiger partial charge in [0.1, 0.15) is 11.2 Å². The molecule has 1 N–H and O–H groups in total. The summed E-state index contributed by atoms with van der Waals surface area (Å²) in [4.78, 5) is 53.8. The van der Waals surface area contributed by atoms with E-state index in [0.717, 1.165) is 16.6 Å². The first-order chi connectivity index (χ1) is 18.3. The molecule has 2 amide bonds. The number of hydrogen-bond donors (Lipinski definition) is 1. The van der Waals surface area contributed by atoms with Crippen molar-refractivity contribution in [1.29, 1.82) is 0 Å². The van der Waals surface area contributed by atoms with Gasteiger partial charge in [-0.1, -0.05) is 19.9 Å². The lowest BCUT2D eigenvalue weighted by Gasteiger charge is -2.35. The third-order valence-corrected chi connectivity index (χ3v) is 7.96. The summed E-state index contributed by atoms with van der Waals surface area (Å²) in [7, 11) is 0. The fourth-order valence-corrected chi connectivity index (χ4v) is 6.17. The van der Waals surface area contributed by atoms with Gasteiger partial charge in [0, 0.05) is 32.6 Å². The van der Waals surface area contributed by atoms with Crippen LogP contribution in [0.4, 0.5) is 0 Å². The van der Waals surface area contributed by atoms with Gasteiger partial charge in [0.05, 0.1) is 5.52 Å². The van der Waals surface area contributed by atoms with Gasteiger partial charge < -0.3 is 19.7 Å². The maximum Gasteiger partial charge on any atom is 0.332 e. The number of aromatic nitrogens is 2. The lowest BCUT2D eigenvalue weighted by molar-refractivity contribution is -0.134. The molecule has 4 heterocycles. The molecule has 0 saturated carbocycles. The van der Waals surface area contributed by atoms with Crippen molar-refractivity contribution in [2.75, 3.05) is 19.9 Å². The number of carbonyl (C=O) groups is 2. The summed E-state index contributed by atoms with van der Waals surface area (Å²) in [5, 5.41) is 4.61. The molecule has 10 nitrogen and oxygen atoms in total. The van der Waals surface area contributed by atoms with Crippen LogP contribution in [0.15, 0.2) is 39.2 Å². The Hall–Kier alpha value is -3.60. The molecule has 2 aromatic heterocycles. The molecular weight excluding hydrogens is 508 g/mol. The first-order valence-electron chi connectivity index (χ1n) is 12.9. The van der Waals surface area contributed by atoms with E-state index in [-0.39, 0.29) is 43.7 Å². The standard InChI is InChI=1S/C27H32N4O6S/c1-17-10-18(2)14-29(13-17)24(33)15-31-20-7-9-38-25(20)26(34)30(27(31)35)8-3-4-23(32)28-12-19-5-6-21-22(11-19)37-16-36-21/h5-7,9,11,17-18H,3-4,8,10,12-16H2,1-2H3,(H,28,32)/t17-,18+. The van der Waals surface area contributed by atoms with E-state index in [4.69, 9.17) is 9.47 Å². The molecule has 0 aliphatic carbocycles. The Bertz CT molecular complexity index is 1460. The fourth-order valence-electron chi connectivity index (χ4n) is 5.32. The molecular formula is C27H32N4O6S. The molecule has 1 aromatic carbocycles. The van der Waals surface area contributed by atoms with Gasteiger partial charge in [-0.3, -0.25) is 23.5 Å². The second-order valence-electron chi connectivity index (χ2n) is 10.3. The van der Waals surface area contributed by atoms with Crippen molar-refractivity contribution >= 4 is 33.4 Å². The van der Waals surface area contributed by atoms with Crippen LogP contribution >= 0.6 is 11.3 Å². The summed E-state index contributed by atoms with van der Waals surface area (Å²) in [5.41, 5.74) is 0.457. The Labute approximate surface area is 223 Å². The van der Waals surface area contributed by atoms with Crippen LogP contribution in [0, 0.1) is 11.8 Å². The van der Waals surface area contributed by atoms with E-state index in [0.29, 0.717) is 59.6 Å². The first-order valence-corrected chi connectivity index (χ1v) is 13.8. The number of ether oxygens (including phenoxy) is 2. The molecule has 38 heavy (non-hydrogen) atoms. The number of hydrogen-bond acceptors (Lipinski definition) is 7. The molecule has 3 aromatic rings. The van der Waals surface area contributed by atoms with Crippen LogP contribution in [-0.4, -0.2) is 45.7 Å². The molecule has 202 valence electrons. The average molecular weight is 541 g/mol. The molecule has 0 bridgehead atoms. The Morgan fingerprint density at radius 2 is 1.82 bits per heavy atom. The molecule has 0 unspecified atom stereocenters. The highest BCUT2D eigenvalue weighted by molar-refractivity contribution is 7.17. The van der Waals surface area contributed by atoms with Crippen molar-refractivity contribution in [2.24, 2.45) is 11.8 Å². The van der Waals surface area contributed by atoms with E-state index < -0.39 is 5.69 Å². The third kappa shape index (κ3) is 5.47. The van der Waals surface area contributed by atoms with Crippen molar-refractivity contribution in [3.63, 3.8) is 0 Å². The minimum atomic E-state index is -0.520. The summed E-state index contributed by atoms with van der Waals surface area (Å²) in [6.07, 6.45) is 1.54. The number of likely N-dealkylation sites (tertiary alicyclic amines) is 1. The molecule has 2 atom stereocenters. The van der Waals surface area contributed by atoms with Crippen molar-refractivity contribution in [1.82, 2.24) is 19.4 Å². The topological polar surface area (TPSA) is 112 Å². The van der Waals surface area contributed by atoms with Crippen molar-refractivity contribution in [3.8, 4) is 11.5 Å². The number of rotatable bonds is 8. The predicted molar refractivity (Wildman–Crippen MR) is 144 cm³/mol. The number of thiophene rings is 1. The van der Waals surface area contributed by atoms with Crippen LogP contribution in [0.25, 0.3) is 10.2 Å². The van der Waals surface area contributed by atoms with E-state index in [9.17, 15) is 19.2 Å². The number of nitrogens with one attached hydrogen (secondary N) is 1. The second kappa shape index (κ2) is 11.0. The molecule has 5 rings (SSSR count). The van der Waals surface area contributed by atoms with Gasteiger partial charge in [-0.15, -0.1) is 11.3 Å². The third-order valence-electron chi connectivity index (χ3n) is 7.06. The predicted octanol–water partition coefficient (Wildman–Crippen LogP) is 2.55. The zero-order valence-corrected chi connectivity index (χ0v) is 22.4. The largest absolute Gasteiger partial charge is 0.454 e. The summed E-state index contributed by atoms with van der Waals surface area (Å²) >= 11 is 1.25. The van der Waals surface area contributed by atoms with E-state index in [1.165, 1.54) is 15.9 Å². The van der Waals surface area contributed by atoms with Gasteiger partial charge in [-0.2, -0.15) is 0 Å². The maximum absolute atomic E-state index is 13.4. The number of benzene rings is 1. The van der Waals surface area contributed by atoms with Crippen LogP contribution in [0.1, 0.15) is 38.7 Å². The number of fused-ring (bicyclic) bond motifs is 2. The highest BCUT2D eigenvalue weighted by Crippen LogP contribution is 2.32. The van der Waals surface area contributed by atoms with E-state index in [2.05, 4.69) is 19.2 Å². The molecule has 1 saturated heterocycles. The normalized spacial score (nSPS) is 18.6. The zero-order valence-electron chi connectivity index (χ0n) is 21.6. The zero-order chi connectivity index (χ0) is 26.8. The Balaban J connectivity index is 1.24. The second-order valence-corrected chi connectivity index (χ2v) is 11.2. The van der Waals surface area contributed by atoms with Gasteiger partial charge in [0.15, 0.2) is 11.5 Å². The molecule has 1 fully saturated rings. The van der Waals surface area contributed by atoms with Crippen LogP contribution in [0.3, 0.4) is 0 Å². The molecule has 11 heteroatoms. The Kier molecular flexibility index (Phi) is 7.55. The van der Waals surface area contributed by atoms with Gasteiger partial charge >= 0.3 is 5.69 Å². The van der Waals surface area contributed by atoms with Crippen LogP contribution in [0.2, 0.25) is 0 Å². The van der Waals surface area contributed by atoms with E-state index in [1.807, 2.05) is 17.0 Å². The quantitative estimate of drug-likeness (QED) is 0.470. The van der Waals surface area contributed by atoms with Gasteiger partial charge in [0.2, 0.25) is 18.6 Å². The molecule has 0 spiro atoms. The Morgan fingerprint density at radius 1 is 1.05 bits per heavy atom. The first kappa shape index (κ1) is 26.0. The van der Waals surface area contributed by atoms with Crippen molar-refractivity contribution in [2.45, 2.75) is 52.7 Å². The SMILES string of the molecule is C[C@@H]1C[C@H](C)CN(C(=O)Cn2c(=O)n(CCCC(=O)NCc3ccc4c(c3)OCO4)c(=O)c3sccc32)C1. The summed E-state index contributed by atoms with van der Waals surface area (Å²) < 4.78 is 13.6. The van der Waals surface area contributed by atoms with Gasteiger partial charge in [-0.25, -0.2) is 4.79 Å². The number of piperidine rings is 1. The monoisotopic (exact) mass is 540 g/mol. The van der Waals surface area contributed by atoms with E-state index in [1.54, 1.807) is 17.5 Å². The molecule has 2 aliphatic heterocycles. The highest BCUT2D eigenvalue weighted by Gasteiger charge is 2.26. The molecule has 2 aliphatic rings. The minimum Gasteiger partial charge on any atom is -0.454 e. The number of amides is 2. The van der Waals surface area contributed by atoms with Gasteiger partial charge in [-0.05, 0) is 53.8 Å². The lowest BCUT2D eigenvalue weighted by Crippen LogP contribution is -2.47. The summed E-state index contributed by atoms with van der Waals surface area (Å²) in [5.74, 6) is 1.85. The lowest BCUT2D eigenvalue weighted by atomic mass is 9.92. The van der Waals surface area contributed by atoms with Crippen LogP contribution in [-0.2, 0) is 29.2 Å². The molecule has 0 radical (unpaired) electrons. The maximum atomic E-state index is 13.4. The highest BCUT2D eigenvalue weighted by atomic mass is 32.1. The van der Waals surface area contributed by atoms with E-state index >= 15 is 0 Å². The number of carbonyl (C=O) groups excluding carboxylic acids is 2. The fraction of sp³-hybridized carbons (Fsp3) is 0.481. The summed E-state index contributed by atoms with van der Waals surface area (Å²) in [6, 6.07) is 7.20. The van der Waals surface area contributed by atoms with Crippen molar-refractivity contribution < 1.29 is 19.1 Å². The average Bonchev–Trinajstić information content (AvgIpc) is 3.56. The minimum absolute atomic E-state index is 0.0922. The Morgan fingerprint density at radius 3 is 2.61 bits per heavy atom. The van der Waals surface area contributed by atoms with Crippen LogP contribution < -0.4 is 26.0 Å². The summed E-state index contributed by atoms with van der Waals surface area (Å²) in [6.45, 7) is 6.11. The van der Waals surface area contributed by atoms with Gasteiger partial charge in [0.25, 0.3) is 5.56 Å². The number of nitrogens with zero attached hydrogens (tertiary/aromatic N) is 3. The smallest absolute Gasteiger partial charge is 0.332 e. The van der Waals surface area contributed by atoms with Crippen LogP contribution in [0.5, 0.6) is 11.5 Å². The van der Waals surface area contributed by atoms with Crippen molar-refractivity contribution in [3.05, 3.63) is 56.0 Å².